The summed E-state index contributed by atoms with van der Waals surface area (Å²) in [5, 5.41) is 24.6. The molecule has 0 bridgehead atoms. The molecule has 0 saturated heterocycles. The van der Waals surface area contributed by atoms with Crippen molar-refractivity contribution in [2.45, 2.75) is 38.7 Å². The first-order valence-electron chi connectivity index (χ1n) is 10.4. The fourth-order valence-electron chi connectivity index (χ4n) is 3.37. The summed E-state index contributed by atoms with van der Waals surface area (Å²) in [6.07, 6.45) is 9.74. The highest BCUT2D eigenvalue weighted by Gasteiger charge is 2.24. The van der Waals surface area contributed by atoms with Crippen molar-refractivity contribution in [1.29, 1.82) is 0 Å². The number of ether oxygens (including phenoxy) is 1. The van der Waals surface area contributed by atoms with Crippen molar-refractivity contribution in [3.63, 3.8) is 0 Å². The van der Waals surface area contributed by atoms with Crippen molar-refractivity contribution in [2.24, 2.45) is 5.16 Å². The number of esters is 1. The number of aromatic hydroxyl groups is 2. The van der Waals surface area contributed by atoms with Gasteiger partial charge in [0, 0.05) is 18.9 Å². The van der Waals surface area contributed by atoms with Crippen LogP contribution in [0.4, 0.5) is 0 Å². The van der Waals surface area contributed by atoms with Gasteiger partial charge in [0.1, 0.15) is 29.8 Å². The van der Waals surface area contributed by atoms with E-state index in [4.69, 9.17) is 9.57 Å². The number of nitrogens with zero attached hydrogens (tertiary/aromatic N) is 1. The van der Waals surface area contributed by atoms with E-state index >= 15 is 0 Å². The zero-order valence-corrected chi connectivity index (χ0v) is 17.5. The second kappa shape index (κ2) is 11.0. The molecule has 0 aromatic heterocycles. The summed E-state index contributed by atoms with van der Waals surface area (Å²) in [7, 11) is 0. The molecule has 162 valence electrons. The molecule has 1 atom stereocenters. The lowest BCUT2D eigenvalue weighted by atomic mass is 9.99. The number of phenolic OH excluding ortho intramolecular Hbond substituents is 2. The molecule has 0 unspecified atom stereocenters. The second-order valence-electron chi connectivity index (χ2n) is 7.17. The average Bonchev–Trinajstić information content (AvgIpc) is 2.75. The van der Waals surface area contributed by atoms with Crippen LogP contribution < -0.4 is 0 Å². The van der Waals surface area contributed by atoms with Crippen LogP contribution in [0.2, 0.25) is 0 Å². The summed E-state index contributed by atoms with van der Waals surface area (Å²) in [5.74, 6) is -1.15. The highest BCUT2D eigenvalue weighted by atomic mass is 16.6. The number of hydrogen-bond donors (Lipinski definition) is 2. The minimum Gasteiger partial charge on any atom is -0.508 e. The molecule has 0 fully saturated rings. The Morgan fingerprint density at radius 2 is 1.87 bits per heavy atom. The molecule has 1 aliphatic heterocycles. The van der Waals surface area contributed by atoms with Gasteiger partial charge >= 0.3 is 5.97 Å². The Labute approximate surface area is 182 Å². The summed E-state index contributed by atoms with van der Waals surface area (Å²) in [6.45, 7) is 2.23. The van der Waals surface area contributed by atoms with Crippen molar-refractivity contribution in [3.05, 3.63) is 83.5 Å². The maximum Gasteiger partial charge on any atom is 0.342 e. The summed E-state index contributed by atoms with van der Waals surface area (Å²) in [6, 6.07) is 12.1. The van der Waals surface area contributed by atoms with Gasteiger partial charge in [0.05, 0.1) is 5.71 Å². The van der Waals surface area contributed by atoms with Crippen LogP contribution in [0, 0.1) is 0 Å². The minimum atomic E-state index is -0.661. The molecule has 2 aromatic rings. The molecular weight excluding hydrogens is 394 g/mol. The van der Waals surface area contributed by atoms with Crippen molar-refractivity contribution in [1.82, 2.24) is 0 Å². The Morgan fingerprint density at radius 3 is 2.65 bits per heavy atom. The van der Waals surface area contributed by atoms with Crippen LogP contribution in [0.15, 0.2) is 71.9 Å². The van der Waals surface area contributed by atoms with Crippen LogP contribution in [-0.4, -0.2) is 28.5 Å². The van der Waals surface area contributed by atoms with Gasteiger partial charge in [0.25, 0.3) is 0 Å². The Kier molecular flexibility index (Phi) is 7.87. The Balaban J connectivity index is 2.03. The van der Waals surface area contributed by atoms with Crippen LogP contribution in [0.25, 0.3) is 0 Å². The molecule has 2 N–H and O–H groups in total. The summed E-state index contributed by atoms with van der Waals surface area (Å²) >= 11 is 0. The first-order valence-corrected chi connectivity index (χ1v) is 10.4. The highest BCUT2D eigenvalue weighted by molar-refractivity contribution is 6.00. The molecule has 2 aromatic carbocycles. The Morgan fingerprint density at radius 1 is 1.10 bits per heavy atom. The number of carbonyl (C=O) groups excluding carboxylic acids is 1. The molecule has 6 nitrogen and oxygen atoms in total. The molecule has 31 heavy (non-hydrogen) atoms. The molecule has 1 aliphatic rings. The second-order valence-corrected chi connectivity index (χ2v) is 7.17. The predicted molar refractivity (Wildman–Crippen MR) is 119 cm³/mol. The Bertz CT molecular complexity index is 979. The van der Waals surface area contributed by atoms with E-state index in [0.717, 1.165) is 24.5 Å². The number of phenols is 2. The largest absolute Gasteiger partial charge is 0.508 e. The van der Waals surface area contributed by atoms with Gasteiger partial charge in [-0.05, 0) is 43.0 Å². The van der Waals surface area contributed by atoms with E-state index in [1.54, 1.807) is 0 Å². The van der Waals surface area contributed by atoms with E-state index in [1.807, 2.05) is 55.5 Å². The third-order valence-corrected chi connectivity index (χ3v) is 4.82. The molecule has 1 heterocycles. The quantitative estimate of drug-likeness (QED) is 0.403. The standard InChI is InChI=1S/C25H27NO5/c1-2-30-26-20-13-9-4-3-5-10-14-23(18-11-7-6-8-12-18)31-25(29)24-19(15-20)16-21(27)17-22(24)28/h5-13,16-17,23,27-28H,2-4,14-15H2,1H3/t23-/m0/s1. The first-order chi connectivity index (χ1) is 15.1. The van der Waals surface area contributed by atoms with Gasteiger partial charge in [0.2, 0.25) is 0 Å². The lowest BCUT2D eigenvalue weighted by Crippen LogP contribution is -2.15. The van der Waals surface area contributed by atoms with E-state index in [2.05, 4.69) is 11.2 Å². The van der Waals surface area contributed by atoms with E-state index in [1.165, 1.54) is 6.07 Å². The van der Waals surface area contributed by atoms with Crippen molar-refractivity contribution in [3.8, 4) is 11.5 Å². The van der Waals surface area contributed by atoms with Gasteiger partial charge in [-0.15, -0.1) is 0 Å². The zero-order chi connectivity index (χ0) is 22.1. The van der Waals surface area contributed by atoms with Gasteiger partial charge < -0.3 is 19.8 Å². The summed E-state index contributed by atoms with van der Waals surface area (Å²) in [5.41, 5.74) is 1.86. The van der Waals surface area contributed by atoms with Gasteiger partial charge in [-0.2, -0.15) is 0 Å². The molecule has 0 saturated carbocycles. The molecule has 6 heteroatoms. The SMILES string of the molecule is CCON=C1C=CCCC=CC[C@@H](c2ccccc2)OC(=O)c2c(O)cc(O)cc2C1. The summed E-state index contributed by atoms with van der Waals surface area (Å²) in [4.78, 5) is 18.3. The molecule has 0 amide bonds. The fraction of sp³-hybridized carbons (Fsp3) is 0.280. The number of rotatable bonds is 3. The topological polar surface area (TPSA) is 88.4 Å². The van der Waals surface area contributed by atoms with E-state index < -0.39 is 12.1 Å². The lowest BCUT2D eigenvalue weighted by Gasteiger charge is -2.19. The normalized spacial score (nSPS) is 18.8. The van der Waals surface area contributed by atoms with Crippen LogP contribution in [0.3, 0.4) is 0 Å². The van der Waals surface area contributed by atoms with E-state index in [9.17, 15) is 15.0 Å². The molecule has 0 radical (unpaired) electrons. The average molecular weight is 421 g/mol. The minimum absolute atomic E-state index is 0.0115. The molecule has 0 aliphatic carbocycles. The van der Waals surface area contributed by atoms with E-state index in [-0.39, 0.29) is 23.5 Å². The Hall–Kier alpha value is -3.54. The third-order valence-electron chi connectivity index (χ3n) is 4.82. The third kappa shape index (κ3) is 6.22. The van der Waals surface area contributed by atoms with Crippen molar-refractivity contribution < 1.29 is 24.6 Å². The molecule has 3 rings (SSSR count). The number of fused-ring (bicyclic) bond motifs is 1. The van der Waals surface area contributed by atoms with Crippen molar-refractivity contribution >= 4 is 11.7 Å². The zero-order valence-electron chi connectivity index (χ0n) is 17.5. The maximum atomic E-state index is 13.1. The van der Waals surface area contributed by atoms with Crippen LogP contribution in [0.1, 0.15) is 53.8 Å². The van der Waals surface area contributed by atoms with Gasteiger partial charge in [-0.1, -0.05) is 53.7 Å². The number of oxime groups is 1. The lowest BCUT2D eigenvalue weighted by molar-refractivity contribution is 0.0299. The fourth-order valence-corrected chi connectivity index (χ4v) is 3.37. The van der Waals surface area contributed by atoms with Crippen LogP contribution in [0.5, 0.6) is 11.5 Å². The van der Waals surface area contributed by atoms with Crippen LogP contribution in [-0.2, 0) is 16.0 Å². The number of benzene rings is 2. The van der Waals surface area contributed by atoms with Crippen molar-refractivity contribution in [2.75, 3.05) is 6.61 Å². The summed E-state index contributed by atoms with van der Waals surface area (Å²) < 4.78 is 5.82. The van der Waals surface area contributed by atoms with E-state index in [0.29, 0.717) is 24.3 Å². The van der Waals surface area contributed by atoms with Crippen LogP contribution >= 0.6 is 0 Å². The number of hydrogen-bond acceptors (Lipinski definition) is 6. The van der Waals surface area contributed by atoms with Gasteiger partial charge in [-0.3, -0.25) is 0 Å². The highest BCUT2D eigenvalue weighted by Crippen LogP contribution is 2.31. The van der Waals surface area contributed by atoms with Gasteiger partial charge in [0.15, 0.2) is 0 Å². The number of carbonyl (C=O) groups is 1. The molecule has 0 spiro atoms. The maximum absolute atomic E-state index is 13.1. The predicted octanol–water partition coefficient (Wildman–Crippen LogP) is 5.23. The number of cyclic esters (lactones) is 1. The molecular formula is C25H27NO5. The van der Waals surface area contributed by atoms with Gasteiger partial charge in [-0.25, -0.2) is 4.79 Å². The monoisotopic (exact) mass is 421 g/mol. The number of allylic oxidation sites excluding steroid dienone is 3. The first kappa shape index (κ1) is 22.2. The smallest absolute Gasteiger partial charge is 0.342 e.